The summed E-state index contributed by atoms with van der Waals surface area (Å²) in [6, 6.07) is 0. The molecule has 4 nitrogen and oxygen atoms in total. The van der Waals surface area contributed by atoms with Gasteiger partial charge in [-0.3, -0.25) is 0 Å². The van der Waals surface area contributed by atoms with Gasteiger partial charge in [-0.2, -0.15) is 5.06 Å². The maximum Gasteiger partial charge on any atom is 0.107 e. The molecule has 0 aliphatic carbocycles. The smallest absolute Gasteiger partial charge is 0.107 e. The number of hydroxylamine groups is 4. The predicted octanol–water partition coefficient (Wildman–Crippen LogP) is -0.369. The molecule has 0 amide bonds. The minimum Gasteiger partial charge on any atom is -0.633 e. The molecule has 1 rings (SSSR count). The lowest BCUT2D eigenvalue weighted by Gasteiger charge is -2.53. The first-order chi connectivity index (χ1) is 5.26. The van der Waals surface area contributed by atoms with Crippen molar-refractivity contribution in [3.63, 3.8) is 0 Å². The molecular weight excluding hydrogens is 156 g/mol. The van der Waals surface area contributed by atoms with Crippen molar-refractivity contribution in [1.82, 2.24) is 5.06 Å². The fraction of sp³-hybridized carbons (Fsp3) is 1.00. The zero-order chi connectivity index (χ0) is 9.57. The van der Waals surface area contributed by atoms with Crippen LogP contribution in [0.2, 0.25) is 0 Å². The van der Waals surface area contributed by atoms with E-state index < -0.39 is 11.1 Å². The van der Waals surface area contributed by atoms with Crippen LogP contribution in [-0.2, 0) is 0 Å². The molecule has 0 atom stereocenters. The first-order valence-corrected chi connectivity index (χ1v) is 4.24. The van der Waals surface area contributed by atoms with Gasteiger partial charge in [0.2, 0.25) is 0 Å². The minimum absolute atomic E-state index is 0.236. The number of quaternary nitrogens is 1. The van der Waals surface area contributed by atoms with E-state index in [0.29, 0.717) is 13.1 Å². The van der Waals surface area contributed by atoms with Crippen LogP contribution in [0.5, 0.6) is 0 Å². The molecule has 0 aromatic carbocycles. The summed E-state index contributed by atoms with van der Waals surface area (Å²) in [6.07, 6.45) is 0. The Labute approximate surface area is 73.3 Å². The second-order valence-electron chi connectivity index (χ2n) is 4.92. The highest BCUT2D eigenvalue weighted by Gasteiger charge is 2.43. The van der Waals surface area contributed by atoms with Crippen molar-refractivity contribution in [3.8, 4) is 0 Å². The second kappa shape index (κ2) is 2.67. The van der Waals surface area contributed by atoms with E-state index in [0.717, 1.165) is 0 Å². The van der Waals surface area contributed by atoms with Gasteiger partial charge in [0.05, 0.1) is 13.1 Å². The number of nitrogens with one attached hydrogen (secondary N) is 1. The van der Waals surface area contributed by atoms with Crippen molar-refractivity contribution in [1.29, 1.82) is 0 Å². The van der Waals surface area contributed by atoms with Gasteiger partial charge >= 0.3 is 0 Å². The van der Waals surface area contributed by atoms with Crippen LogP contribution in [0.3, 0.4) is 0 Å². The van der Waals surface area contributed by atoms with Gasteiger partial charge in [0.15, 0.2) is 0 Å². The Kier molecular flexibility index (Phi) is 2.21. The van der Waals surface area contributed by atoms with E-state index in [9.17, 15) is 10.4 Å². The molecule has 1 fully saturated rings. The number of nitrogens with zero attached hydrogens (tertiary/aromatic N) is 1. The average Bonchev–Trinajstić information content (AvgIpc) is 1.80. The average molecular weight is 174 g/mol. The lowest BCUT2D eigenvalue weighted by atomic mass is 9.92. The molecular formula is C8H18N2O2. The van der Waals surface area contributed by atoms with Crippen molar-refractivity contribution in [2.24, 2.45) is 0 Å². The predicted molar refractivity (Wildman–Crippen MR) is 45.8 cm³/mol. The normalized spacial score (nSPS) is 30.5. The quantitative estimate of drug-likeness (QED) is 0.493. The fourth-order valence-corrected chi connectivity index (χ4v) is 2.03. The Morgan fingerprint density at radius 1 is 1.17 bits per heavy atom. The molecule has 1 aliphatic rings. The number of piperazine rings is 1. The van der Waals surface area contributed by atoms with Gasteiger partial charge in [-0.1, -0.05) is 0 Å². The van der Waals surface area contributed by atoms with Gasteiger partial charge in [-0.25, -0.2) is 0 Å². The molecule has 0 bridgehead atoms. The van der Waals surface area contributed by atoms with E-state index in [1.54, 1.807) is 0 Å². The zero-order valence-corrected chi connectivity index (χ0v) is 8.22. The number of hydrogen-bond acceptors (Lipinski definition) is 3. The third kappa shape index (κ3) is 1.61. The SMILES string of the molecule is CC1(C)CN(O)CC(C)(C)[NH+]1[O-]. The van der Waals surface area contributed by atoms with Gasteiger partial charge in [0, 0.05) is 0 Å². The molecule has 2 N–H and O–H groups in total. The van der Waals surface area contributed by atoms with Crippen LogP contribution in [0.1, 0.15) is 27.7 Å². The highest BCUT2D eigenvalue weighted by molar-refractivity contribution is 4.83. The Morgan fingerprint density at radius 2 is 1.50 bits per heavy atom. The molecule has 0 radical (unpaired) electrons. The molecule has 12 heavy (non-hydrogen) atoms. The summed E-state index contributed by atoms with van der Waals surface area (Å²) < 4.78 is 0. The van der Waals surface area contributed by atoms with E-state index in [2.05, 4.69) is 0 Å². The minimum atomic E-state index is -0.420. The lowest BCUT2D eigenvalue weighted by Crippen LogP contribution is -3.25. The summed E-state index contributed by atoms with van der Waals surface area (Å²) in [6.45, 7) is 8.38. The van der Waals surface area contributed by atoms with Crippen LogP contribution in [0.15, 0.2) is 0 Å². The van der Waals surface area contributed by atoms with Crippen molar-refractivity contribution >= 4 is 0 Å². The molecule has 1 aliphatic heterocycles. The van der Waals surface area contributed by atoms with Crippen LogP contribution < -0.4 is 5.06 Å². The first kappa shape index (κ1) is 9.92. The maximum absolute atomic E-state index is 11.8. The Morgan fingerprint density at radius 3 is 1.83 bits per heavy atom. The summed E-state index contributed by atoms with van der Waals surface area (Å²) in [4.78, 5) is 0. The Hall–Kier alpha value is -0.160. The van der Waals surface area contributed by atoms with Gasteiger partial charge in [-0.15, -0.1) is 0 Å². The molecule has 0 aromatic heterocycles. The van der Waals surface area contributed by atoms with Crippen LogP contribution in [0.4, 0.5) is 0 Å². The molecule has 72 valence electrons. The Bertz CT molecular complexity index is 162. The van der Waals surface area contributed by atoms with Gasteiger partial charge in [-0.05, 0) is 27.7 Å². The van der Waals surface area contributed by atoms with Crippen molar-refractivity contribution < 1.29 is 10.3 Å². The third-order valence-corrected chi connectivity index (χ3v) is 2.38. The monoisotopic (exact) mass is 174 g/mol. The van der Waals surface area contributed by atoms with E-state index in [1.165, 1.54) is 5.06 Å². The molecule has 0 spiro atoms. The lowest BCUT2D eigenvalue weighted by molar-refractivity contribution is -0.956. The van der Waals surface area contributed by atoms with Gasteiger partial charge in [0.25, 0.3) is 0 Å². The molecule has 1 heterocycles. The fourth-order valence-electron chi connectivity index (χ4n) is 2.03. The first-order valence-electron chi connectivity index (χ1n) is 4.24. The highest BCUT2D eigenvalue weighted by atomic mass is 16.5. The number of hydrogen-bond donors (Lipinski definition) is 2. The third-order valence-electron chi connectivity index (χ3n) is 2.38. The van der Waals surface area contributed by atoms with E-state index in [-0.39, 0.29) is 5.06 Å². The summed E-state index contributed by atoms with van der Waals surface area (Å²) in [7, 11) is 0. The second-order valence-corrected chi connectivity index (χ2v) is 4.92. The standard InChI is InChI=1S/C8H18N2O2/c1-7(2)5-9(11)6-8(3,4)10(7)12/h10-11H,5-6H2,1-4H3. The Balaban J connectivity index is 2.84. The molecule has 4 heteroatoms. The highest BCUT2D eigenvalue weighted by Crippen LogP contribution is 2.12. The number of rotatable bonds is 0. The van der Waals surface area contributed by atoms with Gasteiger partial charge < -0.3 is 15.5 Å². The van der Waals surface area contributed by atoms with Crippen LogP contribution in [0.25, 0.3) is 0 Å². The molecule has 0 unspecified atom stereocenters. The van der Waals surface area contributed by atoms with Crippen molar-refractivity contribution in [3.05, 3.63) is 5.21 Å². The van der Waals surface area contributed by atoms with Crippen molar-refractivity contribution in [2.45, 2.75) is 38.8 Å². The summed E-state index contributed by atoms with van der Waals surface area (Å²) in [5.74, 6) is 0. The summed E-state index contributed by atoms with van der Waals surface area (Å²) >= 11 is 0. The van der Waals surface area contributed by atoms with Crippen LogP contribution >= 0.6 is 0 Å². The van der Waals surface area contributed by atoms with Crippen LogP contribution in [-0.4, -0.2) is 34.4 Å². The summed E-state index contributed by atoms with van der Waals surface area (Å²) in [5.41, 5.74) is -0.840. The van der Waals surface area contributed by atoms with Crippen molar-refractivity contribution in [2.75, 3.05) is 13.1 Å². The maximum atomic E-state index is 11.8. The van der Waals surface area contributed by atoms with E-state index in [1.807, 2.05) is 27.7 Å². The van der Waals surface area contributed by atoms with Gasteiger partial charge in [0.1, 0.15) is 11.1 Å². The molecule has 1 saturated heterocycles. The largest absolute Gasteiger partial charge is 0.633 e. The molecule has 0 aromatic rings. The van der Waals surface area contributed by atoms with Crippen LogP contribution in [0, 0.1) is 5.21 Å². The van der Waals surface area contributed by atoms with E-state index >= 15 is 0 Å². The van der Waals surface area contributed by atoms with E-state index in [4.69, 9.17) is 0 Å². The molecule has 0 saturated carbocycles. The topological polar surface area (TPSA) is 51.0 Å². The zero-order valence-electron chi connectivity index (χ0n) is 8.22. The summed E-state index contributed by atoms with van der Waals surface area (Å²) in [5, 5.41) is 22.6.